The average molecular weight is 562 g/mol. The molecule has 0 spiro atoms. The molecule has 1 fully saturated rings. The Morgan fingerprint density at radius 1 is 1.06 bits per heavy atom. The van der Waals surface area contributed by atoms with Crippen LogP contribution in [-0.2, 0) is 21.4 Å². The molecule has 0 saturated heterocycles. The van der Waals surface area contributed by atoms with Gasteiger partial charge in [0, 0.05) is 29.0 Å². The van der Waals surface area contributed by atoms with Crippen LogP contribution in [0.25, 0.3) is 0 Å². The van der Waals surface area contributed by atoms with Crippen LogP contribution in [0.2, 0.25) is 10.0 Å². The minimum atomic E-state index is -5.21. The van der Waals surface area contributed by atoms with Gasteiger partial charge in [-0.1, -0.05) is 34.4 Å². The summed E-state index contributed by atoms with van der Waals surface area (Å²) in [6.45, 7) is 0. The molecule has 0 bridgehead atoms. The Hall–Kier alpha value is -2.80. The maximum atomic E-state index is 14.2. The number of hydrogen-bond donors (Lipinski definition) is 2. The van der Waals surface area contributed by atoms with Crippen LogP contribution in [0.3, 0.4) is 0 Å². The molecule has 36 heavy (non-hydrogen) atoms. The third-order valence-electron chi connectivity index (χ3n) is 5.64. The molecule has 2 aromatic carbocycles. The predicted octanol–water partition coefficient (Wildman–Crippen LogP) is 6.69. The van der Waals surface area contributed by atoms with Gasteiger partial charge in [0.2, 0.25) is 5.91 Å². The van der Waals surface area contributed by atoms with E-state index in [1.807, 2.05) is 5.43 Å². The van der Waals surface area contributed by atoms with Crippen molar-refractivity contribution in [1.82, 2.24) is 5.43 Å². The molecule has 4 rings (SSSR count). The summed E-state index contributed by atoms with van der Waals surface area (Å²) in [5.41, 5.74) is -1.56. The standard InChI is InChI=1S/C21H13Cl2F8N3O2/c22-12-5-10(4-11(6-12)20(26,27)28)18(21(29,30)31)8-16(34-36-18)9-1-2-14(23)15(3-9)32-33-17(35)13-7-19(13,24)25/h1-6,13,32H,7-8H2,(H,33,35). The van der Waals surface area contributed by atoms with Gasteiger partial charge in [0.1, 0.15) is 5.92 Å². The van der Waals surface area contributed by atoms with E-state index in [1.165, 1.54) is 18.2 Å². The number of hydrazine groups is 1. The normalized spacial score (nSPS) is 23.1. The number of amides is 1. The number of carbonyl (C=O) groups excluding carboxylic acids is 1. The van der Waals surface area contributed by atoms with Crippen molar-refractivity contribution < 1.29 is 44.8 Å². The molecule has 0 radical (unpaired) electrons. The van der Waals surface area contributed by atoms with Gasteiger partial charge in [0.05, 0.1) is 22.0 Å². The zero-order valence-electron chi connectivity index (χ0n) is 17.5. The minimum Gasteiger partial charge on any atom is -0.374 e. The minimum absolute atomic E-state index is 0.0112. The van der Waals surface area contributed by atoms with E-state index in [-0.39, 0.29) is 28.1 Å². The van der Waals surface area contributed by atoms with E-state index in [0.29, 0.717) is 12.1 Å². The Morgan fingerprint density at radius 3 is 2.31 bits per heavy atom. The fourth-order valence-electron chi connectivity index (χ4n) is 3.56. The quantitative estimate of drug-likeness (QED) is 0.316. The average Bonchev–Trinajstić information content (AvgIpc) is 3.17. The molecule has 1 aliphatic carbocycles. The molecule has 2 aliphatic rings. The van der Waals surface area contributed by atoms with Gasteiger partial charge >= 0.3 is 12.4 Å². The number of anilines is 1. The van der Waals surface area contributed by atoms with E-state index in [2.05, 4.69) is 10.6 Å². The molecule has 5 nitrogen and oxygen atoms in total. The van der Waals surface area contributed by atoms with E-state index in [1.54, 1.807) is 0 Å². The number of oxime groups is 1. The van der Waals surface area contributed by atoms with Gasteiger partial charge in [0.25, 0.3) is 11.5 Å². The molecule has 2 atom stereocenters. The van der Waals surface area contributed by atoms with Crippen LogP contribution >= 0.6 is 23.2 Å². The second-order valence-corrected chi connectivity index (χ2v) is 9.03. The lowest BCUT2D eigenvalue weighted by Crippen LogP contribution is -2.43. The van der Waals surface area contributed by atoms with Gasteiger partial charge in [-0.2, -0.15) is 26.3 Å². The summed E-state index contributed by atoms with van der Waals surface area (Å²) in [4.78, 5) is 16.5. The van der Waals surface area contributed by atoms with Gasteiger partial charge in [-0.05, 0) is 30.3 Å². The topological polar surface area (TPSA) is 62.7 Å². The van der Waals surface area contributed by atoms with Crippen LogP contribution < -0.4 is 10.9 Å². The van der Waals surface area contributed by atoms with E-state index in [9.17, 15) is 39.9 Å². The number of rotatable bonds is 5. The van der Waals surface area contributed by atoms with E-state index >= 15 is 0 Å². The fraction of sp³-hybridized carbons (Fsp3) is 0.333. The van der Waals surface area contributed by atoms with Gasteiger partial charge in [0.15, 0.2) is 0 Å². The highest BCUT2D eigenvalue weighted by atomic mass is 35.5. The van der Waals surface area contributed by atoms with Crippen LogP contribution in [0.1, 0.15) is 29.5 Å². The Bertz CT molecular complexity index is 1250. The predicted molar refractivity (Wildman–Crippen MR) is 113 cm³/mol. The molecule has 1 heterocycles. The summed E-state index contributed by atoms with van der Waals surface area (Å²) in [6.07, 6.45) is -11.8. The molecular formula is C21H13Cl2F8N3O2. The van der Waals surface area contributed by atoms with Gasteiger partial charge in [-0.25, -0.2) is 8.78 Å². The lowest BCUT2D eigenvalue weighted by molar-refractivity contribution is -0.276. The number of hydrogen-bond acceptors (Lipinski definition) is 4. The summed E-state index contributed by atoms with van der Waals surface area (Å²) in [5.74, 6) is -5.66. The maximum absolute atomic E-state index is 14.2. The van der Waals surface area contributed by atoms with Gasteiger partial charge in [-0.3, -0.25) is 15.6 Å². The Kier molecular flexibility index (Phi) is 6.31. The SMILES string of the molecule is O=C(NNc1cc(C2=NOC(c3cc(Cl)cc(C(F)(F)F)c3)(C(F)(F)F)C2)ccc1Cl)C1CC1(F)F. The van der Waals surface area contributed by atoms with Crippen molar-refractivity contribution in [3.8, 4) is 0 Å². The van der Waals surface area contributed by atoms with Crippen LogP contribution in [0.4, 0.5) is 40.8 Å². The largest absolute Gasteiger partial charge is 0.435 e. The molecule has 1 saturated carbocycles. The Balaban J connectivity index is 1.61. The first-order valence-corrected chi connectivity index (χ1v) is 10.7. The number of nitrogens with one attached hydrogen (secondary N) is 2. The van der Waals surface area contributed by atoms with Crippen molar-refractivity contribution in [3.63, 3.8) is 0 Å². The van der Waals surface area contributed by atoms with E-state index in [0.717, 1.165) is 0 Å². The Labute approximate surface area is 207 Å². The number of nitrogens with zero attached hydrogens (tertiary/aromatic N) is 1. The molecule has 194 valence electrons. The summed E-state index contributed by atoms with van der Waals surface area (Å²) in [7, 11) is 0. The van der Waals surface area contributed by atoms with Crippen LogP contribution in [0, 0.1) is 5.92 Å². The third kappa shape index (κ3) is 4.90. The van der Waals surface area contributed by atoms with Gasteiger partial charge < -0.3 is 4.84 Å². The van der Waals surface area contributed by atoms with Crippen molar-refractivity contribution >= 4 is 40.5 Å². The zero-order chi connectivity index (χ0) is 26.7. The first-order valence-electron chi connectivity index (χ1n) is 9.97. The van der Waals surface area contributed by atoms with E-state index in [4.69, 9.17) is 28.0 Å². The van der Waals surface area contributed by atoms with Crippen LogP contribution in [0.15, 0.2) is 41.6 Å². The molecule has 0 aromatic heterocycles. The summed E-state index contributed by atoms with van der Waals surface area (Å²) < 4.78 is 108. The van der Waals surface area contributed by atoms with Crippen LogP contribution in [-0.4, -0.2) is 23.7 Å². The lowest BCUT2D eigenvalue weighted by Gasteiger charge is -2.30. The molecule has 15 heteroatoms. The molecular weight excluding hydrogens is 549 g/mol. The van der Waals surface area contributed by atoms with Crippen molar-refractivity contribution in [2.45, 2.75) is 36.7 Å². The molecule has 1 amide bonds. The number of halogens is 10. The highest BCUT2D eigenvalue weighted by Gasteiger charge is 2.63. The summed E-state index contributed by atoms with van der Waals surface area (Å²) in [5, 5.41) is 2.85. The molecule has 1 aliphatic heterocycles. The first-order chi connectivity index (χ1) is 16.5. The summed E-state index contributed by atoms with van der Waals surface area (Å²) >= 11 is 11.7. The summed E-state index contributed by atoms with van der Waals surface area (Å²) in [6, 6.07) is 5.14. The zero-order valence-corrected chi connectivity index (χ0v) is 19.0. The highest BCUT2D eigenvalue weighted by Crippen LogP contribution is 2.51. The highest BCUT2D eigenvalue weighted by molar-refractivity contribution is 6.33. The third-order valence-corrected chi connectivity index (χ3v) is 6.19. The van der Waals surface area contributed by atoms with Gasteiger partial charge in [-0.15, -0.1) is 0 Å². The number of carbonyl (C=O) groups is 1. The number of alkyl halides is 8. The Morgan fingerprint density at radius 2 is 1.72 bits per heavy atom. The first kappa shape index (κ1) is 26.3. The second kappa shape index (κ2) is 8.65. The fourth-order valence-corrected chi connectivity index (χ4v) is 3.96. The smallest absolute Gasteiger partial charge is 0.374 e. The van der Waals surface area contributed by atoms with E-state index < -0.39 is 64.7 Å². The number of benzene rings is 2. The van der Waals surface area contributed by atoms with Crippen LogP contribution in [0.5, 0.6) is 0 Å². The molecule has 2 aromatic rings. The van der Waals surface area contributed by atoms with Crippen molar-refractivity contribution in [3.05, 3.63) is 63.1 Å². The second-order valence-electron chi connectivity index (χ2n) is 8.18. The molecule has 2 unspecified atom stereocenters. The maximum Gasteiger partial charge on any atom is 0.435 e. The monoisotopic (exact) mass is 561 g/mol. The van der Waals surface area contributed by atoms with Crippen molar-refractivity contribution in [2.24, 2.45) is 11.1 Å². The molecule has 2 N–H and O–H groups in total. The van der Waals surface area contributed by atoms with Crippen molar-refractivity contribution in [2.75, 3.05) is 5.43 Å². The lowest BCUT2D eigenvalue weighted by atomic mass is 9.85. The van der Waals surface area contributed by atoms with Crippen molar-refractivity contribution in [1.29, 1.82) is 0 Å².